The van der Waals surface area contributed by atoms with E-state index in [-0.39, 0.29) is 22.6 Å². The van der Waals surface area contributed by atoms with Gasteiger partial charge in [-0.2, -0.15) is 0 Å². The van der Waals surface area contributed by atoms with Crippen molar-refractivity contribution in [2.24, 2.45) is 0 Å². The maximum atomic E-state index is 11.8. The molecule has 0 atom stereocenters. The van der Waals surface area contributed by atoms with E-state index in [0.29, 0.717) is 0 Å². The van der Waals surface area contributed by atoms with Gasteiger partial charge in [0.05, 0.1) is 0 Å². The molecule has 0 saturated heterocycles. The highest BCUT2D eigenvalue weighted by molar-refractivity contribution is 5.94. The number of para-hydroxylation sites is 2. The quantitative estimate of drug-likeness (QED) is 0.202. The molecule has 14 nitrogen and oxygen atoms in total. The van der Waals surface area contributed by atoms with Crippen LogP contribution in [0, 0.1) is 0 Å². The van der Waals surface area contributed by atoms with Gasteiger partial charge in [0.1, 0.15) is 35.8 Å². The second kappa shape index (κ2) is 15.1. The van der Waals surface area contributed by atoms with Gasteiger partial charge in [-0.3, -0.25) is 0 Å². The summed E-state index contributed by atoms with van der Waals surface area (Å²) < 4.78 is 27.8. The lowest BCUT2D eigenvalue weighted by molar-refractivity contribution is -0.165. The van der Waals surface area contributed by atoms with E-state index in [1.807, 2.05) is 0 Å². The molecule has 2 aromatic carbocycles. The van der Waals surface area contributed by atoms with Crippen LogP contribution in [0.4, 0.5) is 0 Å². The minimum Gasteiger partial charge on any atom is -0.507 e. The number of aromatic hydroxyl groups is 2. The topological polar surface area (TPSA) is 198 Å². The van der Waals surface area contributed by atoms with Crippen molar-refractivity contribution in [3.63, 3.8) is 0 Å². The molecule has 0 radical (unpaired) electrons. The van der Waals surface area contributed by atoms with Crippen LogP contribution in [0.25, 0.3) is 0 Å². The van der Waals surface area contributed by atoms with Crippen molar-refractivity contribution >= 4 is 35.8 Å². The lowest BCUT2D eigenvalue weighted by Crippen LogP contribution is -2.24. The molecular weight excluding hydrogens is 512 g/mol. The van der Waals surface area contributed by atoms with Crippen LogP contribution in [-0.2, 0) is 47.6 Å². The van der Waals surface area contributed by atoms with E-state index in [2.05, 4.69) is 28.4 Å². The molecule has 0 aliphatic rings. The second-order valence-electron chi connectivity index (χ2n) is 6.95. The van der Waals surface area contributed by atoms with E-state index in [9.17, 15) is 39.0 Å². The molecule has 0 aliphatic carbocycles. The Hall–Kier alpha value is -5.14. The van der Waals surface area contributed by atoms with Crippen molar-refractivity contribution in [2.75, 3.05) is 39.6 Å². The molecule has 202 valence electrons. The van der Waals surface area contributed by atoms with Crippen molar-refractivity contribution in [3.05, 3.63) is 59.7 Å². The Kier molecular flexibility index (Phi) is 11.5. The lowest BCUT2D eigenvalue weighted by atomic mass is 10.2. The number of phenols is 2. The number of benzene rings is 2. The Balaban J connectivity index is 1.52. The zero-order chi connectivity index (χ0) is 27.9. The normalized spacial score (nSPS) is 10.0. The molecule has 0 bridgehead atoms. The number of carbonyl (C=O) groups excluding carboxylic acids is 6. The zero-order valence-electron chi connectivity index (χ0n) is 19.7. The minimum atomic E-state index is -1.05. The number of hydrogen-bond donors (Lipinski definition) is 2. The largest absolute Gasteiger partial charge is 0.507 e. The van der Waals surface area contributed by atoms with Crippen LogP contribution in [0.3, 0.4) is 0 Å². The van der Waals surface area contributed by atoms with Gasteiger partial charge >= 0.3 is 35.8 Å². The molecule has 2 rings (SSSR count). The monoisotopic (exact) mass is 534 g/mol. The highest BCUT2D eigenvalue weighted by Gasteiger charge is 2.17. The summed E-state index contributed by atoms with van der Waals surface area (Å²) >= 11 is 0. The molecule has 0 heterocycles. The molecule has 2 N–H and O–H groups in total. The first-order valence-corrected chi connectivity index (χ1v) is 10.7. The highest BCUT2D eigenvalue weighted by Crippen LogP contribution is 2.17. The van der Waals surface area contributed by atoms with Gasteiger partial charge in [0.25, 0.3) is 0 Å². The average molecular weight is 534 g/mol. The number of ether oxygens (including phenoxy) is 6. The van der Waals surface area contributed by atoms with Crippen LogP contribution in [0.15, 0.2) is 48.5 Å². The van der Waals surface area contributed by atoms with Gasteiger partial charge < -0.3 is 38.6 Å². The Morgan fingerprint density at radius 1 is 0.474 bits per heavy atom. The molecule has 0 saturated carbocycles. The number of hydrogen-bond acceptors (Lipinski definition) is 14. The van der Waals surface area contributed by atoms with Crippen LogP contribution >= 0.6 is 0 Å². The molecule has 0 amide bonds. The van der Waals surface area contributed by atoms with Gasteiger partial charge in [-0.1, -0.05) is 24.3 Å². The molecule has 0 unspecified atom stereocenters. The molecule has 0 aromatic heterocycles. The van der Waals surface area contributed by atoms with Crippen LogP contribution < -0.4 is 0 Å². The Morgan fingerprint density at radius 3 is 1.16 bits per heavy atom. The van der Waals surface area contributed by atoms with Gasteiger partial charge in [0.2, 0.25) is 0 Å². The van der Waals surface area contributed by atoms with Gasteiger partial charge in [-0.15, -0.1) is 0 Å². The highest BCUT2D eigenvalue weighted by atomic mass is 16.6. The Morgan fingerprint density at radius 2 is 0.789 bits per heavy atom. The number of rotatable bonds is 13. The number of phenolic OH excluding ortho intramolecular Hbond substituents is 2. The predicted molar refractivity (Wildman–Crippen MR) is 121 cm³/mol. The summed E-state index contributed by atoms with van der Waals surface area (Å²) in [5, 5.41) is 19.1. The summed E-state index contributed by atoms with van der Waals surface area (Å²) in [7, 11) is 0. The second-order valence-corrected chi connectivity index (χ2v) is 6.95. The molecule has 38 heavy (non-hydrogen) atoms. The third kappa shape index (κ3) is 10.2. The number of carbonyl (C=O) groups is 6. The molecule has 0 aliphatic heterocycles. The molecule has 14 heteroatoms. The fraction of sp³-hybridized carbons (Fsp3) is 0.250. The third-order valence-corrected chi connectivity index (χ3v) is 4.20. The van der Waals surface area contributed by atoms with E-state index in [1.165, 1.54) is 48.5 Å². The van der Waals surface area contributed by atoms with Crippen molar-refractivity contribution in [1.82, 2.24) is 0 Å². The minimum absolute atomic E-state index is 0.156. The third-order valence-electron chi connectivity index (χ3n) is 4.20. The summed E-state index contributed by atoms with van der Waals surface area (Å²) in [6.45, 7) is -4.06. The smallest absolute Gasteiger partial charge is 0.344 e. The summed E-state index contributed by atoms with van der Waals surface area (Å²) in [6, 6.07) is 11.0. The van der Waals surface area contributed by atoms with Gasteiger partial charge in [0, 0.05) is 0 Å². The summed E-state index contributed by atoms with van der Waals surface area (Å²) in [5.41, 5.74) is -0.312. The maximum Gasteiger partial charge on any atom is 0.344 e. The van der Waals surface area contributed by atoms with Gasteiger partial charge in [-0.25, -0.2) is 28.8 Å². The van der Waals surface area contributed by atoms with E-state index in [0.717, 1.165) is 0 Å². The fourth-order valence-electron chi connectivity index (χ4n) is 2.45. The SMILES string of the molecule is O=C(COC(=O)COC(=O)c1ccccc1O)OCCOC(=O)COC(=O)COC(=O)c1ccccc1O. The van der Waals surface area contributed by atoms with Gasteiger partial charge in [0.15, 0.2) is 26.4 Å². The first-order valence-electron chi connectivity index (χ1n) is 10.7. The number of esters is 6. The zero-order valence-corrected chi connectivity index (χ0v) is 19.7. The van der Waals surface area contributed by atoms with Crippen LogP contribution in [0.5, 0.6) is 11.5 Å². The molecule has 0 fully saturated rings. The molecule has 2 aromatic rings. The first kappa shape index (κ1) is 29.1. The lowest BCUT2D eigenvalue weighted by Gasteiger charge is -2.09. The van der Waals surface area contributed by atoms with Crippen molar-refractivity contribution in [3.8, 4) is 11.5 Å². The van der Waals surface area contributed by atoms with Crippen molar-refractivity contribution in [1.29, 1.82) is 0 Å². The average Bonchev–Trinajstić information content (AvgIpc) is 2.90. The summed E-state index contributed by atoms with van der Waals surface area (Å²) in [5.74, 6) is -6.68. The van der Waals surface area contributed by atoms with E-state index in [1.54, 1.807) is 0 Å². The first-order chi connectivity index (χ1) is 18.2. The van der Waals surface area contributed by atoms with Crippen molar-refractivity contribution in [2.45, 2.75) is 0 Å². The van der Waals surface area contributed by atoms with Gasteiger partial charge in [-0.05, 0) is 24.3 Å². The van der Waals surface area contributed by atoms with Crippen LogP contribution in [0.1, 0.15) is 20.7 Å². The fourth-order valence-corrected chi connectivity index (χ4v) is 2.45. The summed E-state index contributed by atoms with van der Waals surface area (Å²) in [6.07, 6.45) is 0. The Labute approximate surface area is 214 Å². The van der Waals surface area contributed by atoms with Crippen molar-refractivity contribution < 1.29 is 67.4 Å². The van der Waals surface area contributed by atoms with E-state index >= 15 is 0 Å². The van der Waals surface area contributed by atoms with Crippen LogP contribution in [0.2, 0.25) is 0 Å². The predicted octanol–water partition coefficient (Wildman–Crippen LogP) is 0.284. The maximum absolute atomic E-state index is 11.8. The van der Waals surface area contributed by atoms with Crippen LogP contribution in [-0.4, -0.2) is 85.7 Å². The molecule has 0 spiro atoms. The van der Waals surface area contributed by atoms with E-state index in [4.69, 9.17) is 0 Å². The Bertz CT molecular complexity index is 1080. The molecular formula is C24H22O14. The summed E-state index contributed by atoms with van der Waals surface area (Å²) in [4.78, 5) is 69.8. The standard InChI is InChI=1S/C24H22O14/c25-17-7-3-1-5-15(17)23(31)37-13-21(29)35-11-19(27)33-9-10-34-20(28)12-36-22(30)14-38-24(32)16-6-2-4-8-18(16)26/h1-8,25-26H,9-14H2. The van der Waals surface area contributed by atoms with E-state index < -0.39 is 75.5 Å².